The average Bonchev–Trinajstić information content (AvgIpc) is 3.21. The molecule has 2 aromatic rings. The zero-order valence-electron chi connectivity index (χ0n) is 21.2. The molecule has 0 aromatic heterocycles. The molecule has 1 fully saturated rings. The van der Waals surface area contributed by atoms with Crippen molar-refractivity contribution in [2.24, 2.45) is 16.5 Å². The summed E-state index contributed by atoms with van der Waals surface area (Å²) in [6, 6.07) is 13.7. The molecule has 1 amide bonds. The summed E-state index contributed by atoms with van der Waals surface area (Å²) in [5.74, 6) is -0.627. The van der Waals surface area contributed by atoms with Crippen LogP contribution in [0.5, 0.6) is 0 Å². The number of ether oxygens (including phenoxy) is 1. The van der Waals surface area contributed by atoms with Crippen LogP contribution in [0.3, 0.4) is 0 Å². The molecule has 0 aliphatic carbocycles. The summed E-state index contributed by atoms with van der Waals surface area (Å²) in [6.07, 6.45) is -1.98. The van der Waals surface area contributed by atoms with Crippen molar-refractivity contribution in [2.75, 3.05) is 18.6 Å². The van der Waals surface area contributed by atoms with Crippen LogP contribution in [0.4, 0.5) is 5.69 Å². The van der Waals surface area contributed by atoms with Crippen molar-refractivity contribution in [3.8, 4) is 0 Å². The first-order chi connectivity index (χ1) is 18.1. The molecule has 0 saturated carbocycles. The zero-order valence-corrected chi connectivity index (χ0v) is 22.0. The number of anilines is 1. The Hall–Kier alpha value is -3.27. The van der Waals surface area contributed by atoms with Crippen molar-refractivity contribution in [1.29, 1.82) is 0 Å². The molecule has 0 spiro atoms. The maximum atomic E-state index is 13.3. The normalized spacial score (nSPS) is 20.6. The Morgan fingerprint density at radius 3 is 2.47 bits per heavy atom. The Morgan fingerprint density at radius 2 is 1.84 bits per heavy atom. The first-order valence-corrected chi connectivity index (χ1v) is 13.4. The summed E-state index contributed by atoms with van der Waals surface area (Å²) in [6.45, 7) is 4.03. The van der Waals surface area contributed by atoms with Gasteiger partial charge in [-0.3, -0.25) is 20.1 Å². The molecule has 1 saturated heterocycles. The Balaban J connectivity index is 1.59. The maximum Gasteiger partial charge on any atom is 0.246 e. The van der Waals surface area contributed by atoms with Crippen LogP contribution in [0.15, 0.2) is 64.5 Å². The van der Waals surface area contributed by atoms with Crippen LogP contribution >= 0.6 is 0 Å². The average molecular weight is 551 g/mol. The van der Waals surface area contributed by atoms with Gasteiger partial charge in [-0.1, -0.05) is 30.3 Å². The Labute approximate surface area is 221 Å². The second-order valence-electron chi connectivity index (χ2n) is 8.65. The minimum atomic E-state index is -4.03. The molecule has 208 valence electrons. The lowest BCUT2D eigenvalue weighted by atomic mass is 10.1. The molecular formula is C24H34N6O7S. The van der Waals surface area contributed by atoms with Gasteiger partial charge in [0.25, 0.3) is 0 Å². The van der Waals surface area contributed by atoms with Gasteiger partial charge in [-0.25, -0.2) is 18.6 Å². The number of nitrogens with one attached hydrogen (secondary N) is 2. The minimum absolute atomic E-state index is 0.0325. The zero-order chi connectivity index (χ0) is 27.7. The summed E-state index contributed by atoms with van der Waals surface area (Å²) >= 11 is 0. The van der Waals surface area contributed by atoms with Crippen molar-refractivity contribution < 1.29 is 32.9 Å². The lowest BCUT2D eigenvalue weighted by Gasteiger charge is -2.27. The van der Waals surface area contributed by atoms with E-state index in [-0.39, 0.29) is 17.3 Å². The van der Waals surface area contributed by atoms with Crippen LogP contribution in [-0.2, 0) is 35.7 Å². The monoisotopic (exact) mass is 550 g/mol. The van der Waals surface area contributed by atoms with Crippen LogP contribution in [0.1, 0.15) is 25.8 Å². The fourth-order valence-corrected chi connectivity index (χ4v) is 5.78. The predicted molar refractivity (Wildman–Crippen MR) is 140 cm³/mol. The highest BCUT2D eigenvalue weighted by Gasteiger charge is 2.49. The molecular weight excluding hydrogens is 516 g/mol. The quantitative estimate of drug-likeness (QED) is 0.0600. The number of hydrogen-bond donors (Lipinski definition) is 5. The molecule has 4 unspecified atom stereocenters. The van der Waals surface area contributed by atoms with E-state index in [0.29, 0.717) is 25.3 Å². The molecule has 3 rings (SSSR count). The van der Waals surface area contributed by atoms with Crippen molar-refractivity contribution >= 4 is 27.6 Å². The number of benzene rings is 2. The lowest BCUT2D eigenvalue weighted by Crippen LogP contribution is -2.53. The van der Waals surface area contributed by atoms with Crippen LogP contribution < -0.4 is 22.3 Å². The van der Waals surface area contributed by atoms with Crippen LogP contribution in [0, 0.1) is 0 Å². The fourth-order valence-electron chi connectivity index (χ4n) is 4.03. The van der Waals surface area contributed by atoms with Gasteiger partial charge in [0.05, 0.1) is 23.3 Å². The number of carbonyl (C=O) groups excluding carboxylic acids is 1. The molecule has 1 aliphatic rings. The van der Waals surface area contributed by atoms with Gasteiger partial charge in [-0.2, -0.15) is 4.31 Å². The molecule has 14 heteroatoms. The molecule has 4 atom stereocenters. The predicted octanol–water partition coefficient (Wildman–Crippen LogP) is 0.992. The molecule has 2 aromatic carbocycles. The highest BCUT2D eigenvalue weighted by atomic mass is 32.2. The number of rotatable bonds is 13. The Bertz CT molecular complexity index is 1180. The van der Waals surface area contributed by atoms with Gasteiger partial charge in [0.1, 0.15) is 12.3 Å². The van der Waals surface area contributed by atoms with E-state index >= 15 is 0 Å². The SMILES string of the molecule is CC1OC(C)N(S(=O)(=O)c2ccccc2)C1C(=O)NC(Cc1ccc(NOCCCN=C(N)N)cc1)OO. The van der Waals surface area contributed by atoms with E-state index in [1.165, 1.54) is 12.1 Å². The Kier molecular flexibility index (Phi) is 10.4. The maximum absolute atomic E-state index is 13.3. The third kappa shape index (κ3) is 7.63. The smallest absolute Gasteiger partial charge is 0.246 e. The first-order valence-electron chi connectivity index (χ1n) is 12.0. The van der Waals surface area contributed by atoms with Gasteiger partial charge in [-0.15, -0.1) is 0 Å². The van der Waals surface area contributed by atoms with E-state index < -0.39 is 40.5 Å². The Morgan fingerprint density at radius 1 is 1.16 bits per heavy atom. The number of carbonyl (C=O) groups is 1. The number of hydrogen-bond acceptors (Lipinski definition) is 9. The van der Waals surface area contributed by atoms with Gasteiger partial charge in [0, 0.05) is 13.0 Å². The van der Waals surface area contributed by atoms with E-state index in [0.717, 1.165) is 9.87 Å². The molecule has 0 bridgehead atoms. The second-order valence-corrected chi connectivity index (χ2v) is 10.5. The fraction of sp³-hybridized carbons (Fsp3) is 0.417. The number of aliphatic imine (C=N–C) groups is 1. The van der Waals surface area contributed by atoms with Gasteiger partial charge in [0.15, 0.2) is 12.2 Å². The first kappa shape index (κ1) is 29.3. The number of sulfonamides is 1. The summed E-state index contributed by atoms with van der Waals surface area (Å²) in [5, 5.41) is 12.0. The molecule has 0 radical (unpaired) electrons. The van der Waals surface area contributed by atoms with Gasteiger partial charge in [0.2, 0.25) is 15.9 Å². The third-order valence-corrected chi connectivity index (χ3v) is 7.72. The van der Waals surface area contributed by atoms with Crippen molar-refractivity contribution in [1.82, 2.24) is 9.62 Å². The van der Waals surface area contributed by atoms with E-state index in [1.54, 1.807) is 56.3 Å². The summed E-state index contributed by atoms with van der Waals surface area (Å²) in [5.41, 5.74) is 14.8. The van der Waals surface area contributed by atoms with E-state index in [9.17, 15) is 18.5 Å². The molecule has 13 nitrogen and oxygen atoms in total. The van der Waals surface area contributed by atoms with Crippen LogP contribution in [-0.4, -0.2) is 67.6 Å². The topological polar surface area (TPSA) is 191 Å². The summed E-state index contributed by atoms with van der Waals surface area (Å²) in [4.78, 5) is 26.9. The highest BCUT2D eigenvalue weighted by Crippen LogP contribution is 2.30. The number of nitrogens with two attached hydrogens (primary N) is 2. The largest absolute Gasteiger partial charge is 0.370 e. The summed E-state index contributed by atoms with van der Waals surface area (Å²) < 4.78 is 33.3. The van der Waals surface area contributed by atoms with Gasteiger partial charge >= 0.3 is 0 Å². The van der Waals surface area contributed by atoms with E-state index in [4.69, 9.17) is 21.0 Å². The summed E-state index contributed by atoms with van der Waals surface area (Å²) in [7, 11) is -4.03. The molecule has 7 N–H and O–H groups in total. The van der Waals surface area contributed by atoms with Crippen molar-refractivity contribution in [3.63, 3.8) is 0 Å². The van der Waals surface area contributed by atoms with Crippen LogP contribution in [0.25, 0.3) is 0 Å². The second kappa shape index (κ2) is 13.5. The molecule has 38 heavy (non-hydrogen) atoms. The highest BCUT2D eigenvalue weighted by molar-refractivity contribution is 7.89. The van der Waals surface area contributed by atoms with E-state index in [2.05, 4.69) is 20.7 Å². The number of guanidine groups is 1. The van der Waals surface area contributed by atoms with Gasteiger partial charge in [-0.05, 0) is 50.1 Å². The van der Waals surface area contributed by atoms with Crippen LogP contribution in [0.2, 0.25) is 0 Å². The van der Waals surface area contributed by atoms with E-state index in [1.807, 2.05) is 0 Å². The standard InChI is InChI=1S/C24H34N6O7S/c1-16-22(30(17(2)36-16)38(33,34)20-7-4-3-5-8-20)23(31)28-21(37-32)15-18-9-11-19(12-10-18)29-35-14-6-13-27-24(25)26/h3-5,7-12,16-17,21-22,29,32H,6,13-15H2,1-2H3,(H,28,31)(H4,25,26,27). The molecule has 1 heterocycles. The third-order valence-electron chi connectivity index (χ3n) is 5.77. The number of nitrogens with zero attached hydrogens (tertiary/aromatic N) is 2. The van der Waals surface area contributed by atoms with Crippen molar-refractivity contribution in [2.45, 2.75) is 56.2 Å². The lowest BCUT2D eigenvalue weighted by molar-refractivity contribution is -0.284. The number of amides is 1. The minimum Gasteiger partial charge on any atom is -0.370 e. The van der Waals surface area contributed by atoms with Crippen molar-refractivity contribution in [3.05, 3.63) is 60.2 Å². The molecule has 1 aliphatic heterocycles. The van der Waals surface area contributed by atoms with Gasteiger partial charge < -0.3 is 21.5 Å².